The fourth-order valence-electron chi connectivity index (χ4n) is 3.21. The minimum atomic E-state index is -0.786. The molecule has 2 saturated carbocycles. The highest BCUT2D eigenvalue weighted by molar-refractivity contribution is 5.74. The van der Waals surface area contributed by atoms with Gasteiger partial charge in [-0.05, 0) is 31.6 Å². The van der Waals surface area contributed by atoms with Gasteiger partial charge in [0, 0.05) is 12.5 Å². The van der Waals surface area contributed by atoms with Gasteiger partial charge in [-0.15, -0.1) is 0 Å². The summed E-state index contributed by atoms with van der Waals surface area (Å²) in [7, 11) is 1.52. The zero-order valence-electron chi connectivity index (χ0n) is 10.1. The number of carbonyl (C=O) groups is 1. The van der Waals surface area contributed by atoms with Crippen LogP contribution in [0.1, 0.15) is 51.4 Å². The van der Waals surface area contributed by atoms with Crippen LogP contribution in [0.3, 0.4) is 0 Å². The second kappa shape index (κ2) is 4.74. The first-order chi connectivity index (χ1) is 7.68. The number of hydrogen-bond acceptors (Lipinski definition) is 2. The van der Waals surface area contributed by atoms with E-state index in [1.807, 2.05) is 0 Å². The fraction of sp³-hybridized carbons (Fsp3) is 0.923. The molecule has 0 amide bonds. The highest BCUT2D eigenvalue weighted by Gasteiger charge is 2.52. The van der Waals surface area contributed by atoms with Crippen molar-refractivity contribution in [2.24, 2.45) is 11.3 Å². The average molecular weight is 226 g/mol. The number of aliphatic carboxylic acids is 1. The molecule has 0 radical (unpaired) electrons. The number of hydrogen-bond donors (Lipinski definition) is 1. The molecule has 3 nitrogen and oxygen atoms in total. The lowest BCUT2D eigenvalue weighted by molar-refractivity contribution is -0.153. The number of carboxylic acids is 1. The number of rotatable bonds is 6. The lowest BCUT2D eigenvalue weighted by atomic mass is 9.88. The molecule has 0 aliphatic heterocycles. The minimum absolute atomic E-state index is 0.0246. The van der Waals surface area contributed by atoms with E-state index in [0.717, 1.165) is 25.2 Å². The molecule has 2 aliphatic carbocycles. The quantitative estimate of drug-likeness (QED) is 0.757. The fourth-order valence-corrected chi connectivity index (χ4v) is 3.21. The average Bonchev–Trinajstić information content (AvgIpc) is 2.84. The molecular weight excluding hydrogens is 204 g/mol. The van der Waals surface area contributed by atoms with Crippen LogP contribution in [-0.4, -0.2) is 24.3 Å². The van der Waals surface area contributed by atoms with Crippen LogP contribution >= 0.6 is 0 Å². The largest absolute Gasteiger partial charge is 0.479 e. The smallest absolute Gasteiger partial charge is 0.333 e. The van der Waals surface area contributed by atoms with Crippen molar-refractivity contribution >= 4 is 5.97 Å². The Hall–Kier alpha value is -0.570. The summed E-state index contributed by atoms with van der Waals surface area (Å²) in [6.07, 6.45) is 9.16. The van der Waals surface area contributed by atoms with Gasteiger partial charge in [-0.2, -0.15) is 0 Å². The van der Waals surface area contributed by atoms with Gasteiger partial charge in [0.2, 0.25) is 0 Å². The van der Waals surface area contributed by atoms with Gasteiger partial charge in [-0.3, -0.25) is 0 Å². The van der Waals surface area contributed by atoms with Crippen molar-refractivity contribution in [3.8, 4) is 0 Å². The summed E-state index contributed by atoms with van der Waals surface area (Å²) < 4.78 is 5.15. The molecule has 0 saturated heterocycles. The Morgan fingerprint density at radius 3 is 2.50 bits per heavy atom. The van der Waals surface area contributed by atoms with E-state index >= 15 is 0 Å². The third-order valence-corrected chi connectivity index (χ3v) is 4.43. The van der Waals surface area contributed by atoms with Crippen LogP contribution < -0.4 is 0 Å². The standard InChI is InChI=1S/C13H22O3/c1-16-11(12(14)15)13(8-9-13)7-6-10-4-2-3-5-10/h10-11H,2-9H2,1H3,(H,14,15). The Labute approximate surface area is 97.2 Å². The van der Waals surface area contributed by atoms with Gasteiger partial charge >= 0.3 is 5.97 Å². The molecule has 16 heavy (non-hydrogen) atoms. The molecule has 2 fully saturated rings. The van der Waals surface area contributed by atoms with Crippen LogP contribution in [0.4, 0.5) is 0 Å². The monoisotopic (exact) mass is 226 g/mol. The van der Waals surface area contributed by atoms with E-state index in [1.165, 1.54) is 39.2 Å². The number of carboxylic acid groups (broad SMARTS) is 1. The first-order valence-electron chi connectivity index (χ1n) is 6.43. The van der Waals surface area contributed by atoms with Gasteiger partial charge in [-0.25, -0.2) is 4.79 Å². The molecule has 0 heterocycles. The maximum Gasteiger partial charge on any atom is 0.333 e. The molecule has 0 aromatic heterocycles. The predicted molar refractivity (Wildman–Crippen MR) is 61.3 cm³/mol. The molecule has 92 valence electrons. The summed E-state index contributed by atoms with van der Waals surface area (Å²) in [4.78, 5) is 11.1. The van der Waals surface area contributed by atoms with E-state index in [2.05, 4.69) is 0 Å². The molecule has 0 bridgehead atoms. The van der Waals surface area contributed by atoms with Crippen molar-refractivity contribution in [2.75, 3.05) is 7.11 Å². The van der Waals surface area contributed by atoms with Crippen molar-refractivity contribution in [3.63, 3.8) is 0 Å². The van der Waals surface area contributed by atoms with Gasteiger partial charge in [0.1, 0.15) is 0 Å². The number of ether oxygens (including phenoxy) is 1. The summed E-state index contributed by atoms with van der Waals surface area (Å²) >= 11 is 0. The highest BCUT2D eigenvalue weighted by Crippen LogP contribution is 2.54. The van der Waals surface area contributed by atoms with Crippen LogP contribution in [0, 0.1) is 11.3 Å². The molecule has 3 heteroatoms. The summed E-state index contributed by atoms with van der Waals surface area (Å²) in [5.74, 6) is 0.0650. The Morgan fingerprint density at radius 2 is 2.06 bits per heavy atom. The first-order valence-corrected chi connectivity index (χ1v) is 6.43. The second-order valence-corrected chi connectivity index (χ2v) is 5.51. The van der Waals surface area contributed by atoms with Gasteiger partial charge in [0.05, 0.1) is 0 Å². The first kappa shape index (κ1) is 11.9. The van der Waals surface area contributed by atoms with Crippen LogP contribution in [0.2, 0.25) is 0 Å². The zero-order valence-corrected chi connectivity index (χ0v) is 10.1. The summed E-state index contributed by atoms with van der Waals surface area (Å²) in [5.41, 5.74) is -0.0246. The maximum absolute atomic E-state index is 11.1. The van der Waals surface area contributed by atoms with Gasteiger partial charge in [-0.1, -0.05) is 25.7 Å². The Morgan fingerprint density at radius 1 is 1.44 bits per heavy atom. The molecule has 1 N–H and O–H groups in total. The Balaban J connectivity index is 1.84. The van der Waals surface area contributed by atoms with Crippen LogP contribution in [-0.2, 0) is 9.53 Å². The molecule has 2 rings (SSSR count). The zero-order chi connectivity index (χ0) is 11.6. The van der Waals surface area contributed by atoms with Crippen molar-refractivity contribution in [1.82, 2.24) is 0 Å². The van der Waals surface area contributed by atoms with Gasteiger partial charge in [0.15, 0.2) is 6.10 Å². The van der Waals surface area contributed by atoms with Crippen molar-refractivity contribution < 1.29 is 14.6 Å². The Kier molecular flexibility index (Phi) is 3.53. The van der Waals surface area contributed by atoms with Crippen molar-refractivity contribution in [3.05, 3.63) is 0 Å². The van der Waals surface area contributed by atoms with E-state index in [9.17, 15) is 4.79 Å². The lowest BCUT2D eigenvalue weighted by Gasteiger charge is -2.23. The minimum Gasteiger partial charge on any atom is -0.479 e. The third-order valence-electron chi connectivity index (χ3n) is 4.43. The third kappa shape index (κ3) is 2.40. The lowest BCUT2D eigenvalue weighted by Crippen LogP contribution is -2.33. The number of methoxy groups -OCH3 is 1. The van der Waals surface area contributed by atoms with Crippen LogP contribution in [0.5, 0.6) is 0 Å². The molecule has 1 unspecified atom stereocenters. The second-order valence-electron chi connectivity index (χ2n) is 5.51. The van der Waals surface area contributed by atoms with E-state index in [4.69, 9.17) is 9.84 Å². The topological polar surface area (TPSA) is 46.5 Å². The molecule has 0 spiro atoms. The van der Waals surface area contributed by atoms with E-state index in [1.54, 1.807) is 0 Å². The normalized spacial score (nSPS) is 25.6. The van der Waals surface area contributed by atoms with E-state index < -0.39 is 12.1 Å². The summed E-state index contributed by atoms with van der Waals surface area (Å²) in [6, 6.07) is 0. The van der Waals surface area contributed by atoms with Crippen LogP contribution in [0.25, 0.3) is 0 Å². The highest BCUT2D eigenvalue weighted by atomic mass is 16.5. The van der Waals surface area contributed by atoms with E-state index in [-0.39, 0.29) is 5.41 Å². The van der Waals surface area contributed by atoms with Gasteiger partial charge < -0.3 is 9.84 Å². The SMILES string of the molecule is COC(C(=O)O)C1(CCC2CCCC2)CC1. The summed E-state index contributed by atoms with van der Waals surface area (Å²) in [6.45, 7) is 0. The predicted octanol–water partition coefficient (Wildman–Crippen LogP) is 2.84. The van der Waals surface area contributed by atoms with Crippen LogP contribution in [0.15, 0.2) is 0 Å². The maximum atomic E-state index is 11.1. The Bertz CT molecular complexity index is 252. The molecular formula is C13H22O3. The van der Waals surface area contributed by atoms with E-state index in [0.29, 0.717) is 0 Å². The van der Waals surface area contributed by atoms with Gasteiger partial charge in [0.25, 0.3) is 0 Å². The van der Waals surface area contributed by atoms with Crippen molar-refractivity contribution in [2.45, 2.75) is 57.5 Å². The molecule has 0 aromatic rings. The molecule has 0 aromatic carbocycles. The summed E-state index contributed by atoms with van der Waals surface area (Å²) in [5, 5.41) is 9.12. The van der Waals surface area contributed by atoms with Crippen molar-refractivity contribution in [1.29, 1.82) is 0 Å². The molecule has 1 atom stereocenters. The molecule has 2 aliphatic rings.